The van der Waals surface area contributed by atoms with Gasteiger partial charge in [-0.3, -0.25) is 9.59 Å². The molecule has 1 amide bonds. The number of ether oxygens (including phenoxy) is 1. The number of para-hydroxylation sites is 1. The van der Waals surface area contributed by atoms with Gasteiger partial charge in [0.25, 0.3) is 5.91 Å². The maximum absolute atomic E-state index is 13.7. The number of hydrogen-bond donors (Lipinski definition) is 1. The summed E-state index contributed by atoms with van der Waals surface area (Å²) >= 11 is 12.0. The van der Waals surface area contributed by atoms with Crippen molar-refractivity contribution in [3.05, 3.63) is 82.8 Å². The lowest BCUT2D eigenvalue weighted by Gasteiger charge is -2.41. The predicted octanol–water partition coefficient (Wildman–Crippen LogP) is 5.04. The number of aliphatic carboxylic acids is 1. The van der Waals surface area contributed by atoms with Gasteiger partial charge in [-0.2, -0.15) is 14.4 Å². The first kappa shape index (κ1) is 26.2. The molecule has 2 heterocycles. The predicted molar refractivity (Wildman–Crippen MR) is 142 cm³/mol. The van der Waals surface area contributed by atoms with Crippen LogP contribution in [0, 0.1) is 5.41 Å². The van der Waals surface area contributed by atoms with E-state index < -0.39 is 33.4 Å². The molecule has 196 valence electrons. The fraction of sp³-hybridized carbons (Fsp3) is 0.192. The number of rotatable bonds is 6. The fourth-order valence-electron chi connectivity index (χ4n) is 4.74. The maximum Gasteiger partial charge on any atom is 0.323 e. The molecule has 3 aromatic rings. The number of halogens is 2. The highest BCUT2D eigenvalue weighted by Crippen LogP contribution is 2.43. The van der Waals surface area contributed by atoms with Crippen molar-refractivity contribution in [1.82, 2.24) is 4.31 Å². The van der Waals surface area contributed by atoms with E-state index in [9.17, 15) is 23.1 Å². The standard InChI is InChI=1S/C26H21Cl2N3O6S/c1-26-22(29-31(25(26)34)18-5-3-2-4-6-18)11-12-30(23(26)24(32)33)38(35,36)21-9-7-19(8-10-21)37-20-14-16(27)13-17(28)15-20/h2-10,13-15,23H,11-12H2,1H3,(H,32,33)/t23-,26-/m0/s1. The van der Waals surface area contributed by atoms with Crippen LogP contribution in [-0.2, 0) is 19.6 Å². The number of carbonyl (C=O) groups excluding carboxylic acids is 1. The highest BCUT2D eigenvalue weighted by Gasteiger charge is 2.62. The zero-order chi connectivity index (χ0) is 27.2. The lowest BCUT2D eigenvalue weighted by molar-refractivity contribution is -0.148. The van der Waals surface area contributed by atoms with Gasteiger partial charge in [0, 0.05) is 23.0 Å². The molecule has 0 spiro atoms. The molecule has 3 aromatic carbocycles. The minimum absolute atomic E-state index is 0.102. The van der Waals surface area contributed by atoms with Gasteiger partial charge in [0.1, 0.15) is 23.0 Å². The quantitative estimate of drug-likeness (QED) is 0.441. The van der Waals surface area contributed by atoms with Crippen molar-refractivity contribution in [2.45, 2.75) is 24.3 Å². The number of benzene rings is 3. The van der Waals surface area contributed by atoms with Crippen LogP contribution in [0.5, 0.6) is 11.5 Å². The zero-order valence-corrected chi connectivity index (χ0v) is 22.2. The summed E-state index contributed by atoms with van der Waals surface area (Å²) < 4.78 is 33.9. The summed E-state index contributed by atoms with van der Waals surface area (Å²) in [6.45, 7) is 1.29. The first-order chi connectivity index (χ1) is 18.0. The Hall–Kier alpha value is -3.44. The van der Waals surface area contributed by atoms with Crippen LogP contribution in [0.2, 0.25) is 10.0 Å². The minimum Gasteiger partial charge on any atom is -0.480 e. The monoisotopic (exact) mass is 573 g/mol. The van der Waals surface area contributed by atoms with E-state index in [1.54, 1.807) is 48.5 Å². The van der Waals surface area contributed by atoms with E-state index in [4.69, 9.17) is 27.9 Å². The molecule has 2 atom stereocenters. The summed E-state index contributed by atoms with van der Waals surface area (Å²) in [4.78, 5) is 25.9. The Morgan fingerprint density at radius 3 is 2.26 bits per heavy atom. The SMILES string of the molecule is C[C@]12C(=O)N(c3ccccc3)N=C1CCN(S(=O)(=O)c1ccc(Oc3cc(Cl)cc(Cl)c3)cc1)[C@H]2C(=O)O. The van der Waals surface area contributed by atoms with Crippen molar-refractivity contribution in [1.29, 1.82) is 0 Å². The first-order valence-electron chi connectivity index (χ1n) is 11.5. The molecule has 38 heavy (non-hydrogen) atoms. The third-order valence-electron chi connectivity index (χ3n) is 6.60. The van der Waals surface area contributed by atoms with Crippen LogP contribution in [0.4, 0.5) is 5.69 Å². The molecular formula is C26H21Cl2N3O6S. The molecule has 1 fully saturated rings. The van der Waals surface area contributed by atoms with Crippen LogP contribution in [0.15, 0.2) is 82.8 Å². The smallest absolute Gasteiger partial charge is 0.323 e. The second-order valence-electron chi connectivity index (χ2n) is 8.99. The van der Waals surface area contributed by atoms with E-state index in [0.717, 1.165) is 9.31 Å². The van der Waals surface area contributed by atoms with Gasteiger partial charge in [-0.25, -0.2) is 8.42 Å². The van der Waals surface area contributed by atoms with E-state index in [-0.39, 0.29) is 17.9 Å². The molecule has 0 saturated carbocycles. The van der Waals surface area contributed by atoms with Gasteiger partial charge in [0.05, 0.1) is 16.3 Å². The zero-order valence-electron chi connectivity index (χ0n) is 19.9. The van der Waals surface area contributed by atoms with Gasteiger partial charge in [0.2, 0.25) is 10.0 Å². The van der Waals surface area contributed by atoms with Crippen LogP contribution in [0.25, 0.3) is 0 Å². The number of hydrazone groups is 1. The Kier molecular flexibility index (Phi) is 6.68. The molecule has 12 heteroatoms. The summed E-state index contributed by atoms with van der Waals surface area (Å²) in [5.74, 6) is -1.36. The van der Waals surface area contributed by atoms with Crippen LogP contribution >= 0.6 is 23.2 Å². The van der Waals surface area contributed by atoms with Crippen molar-refractivity contribution >= 4 is 56.5 Å². The molecule has 0 aliphatic carbocycles. The minimum atomic E-state index is -4.31. The topological polar surface area (TPSA) is 117 Å². The molecule has 5 rings (SSSR count). The number of sulfonamides is 1. The van der Waals surface area contributed by atoms with Gasteiger partial charge in [-0.05, 0) is 61.5 Å². The van der Waals surface area contributed by atoms with E-state index >= 15 is 0 Å². The summed E-state index contributed by atoms with van der Waals surface area (Å²) in [7, 11) is -4.31. The number of hydrogen-bond acceptors (Lipinski definition) is 6. The Morgan fingerprint density at radius 1 is 1.03 bits per heavy atom. The van der Waals surface area contributed by atoms with Crippen molar-refractivity contribution in [3.8, 4) is 11.5 Å². The third kappa shape index (κ3) is 4.43. The molecule has 0 radical (unpaired) electrons. The number of carboxylic acid groups (broad SMARTS) is 1. The van der Waals surface area contributed by atoms with Crippen molar-refractivity contribution < 1.29 is 27.9 Å². The van der Waals surface area contributed by atoms with E-state index in [1.807, 2.05) is 0 Å². The molecule has 2 aliphatic rings. The lowest BCUT2D eigenvalue weighted by atomic mass is 9.74. The summed E-state index contributed by atoms with van der Waals surface area (Å²) in [6, 6.07) is 17.1. The highest BCUT2D eigenvalue weighted by atomic mass is 35.5. The lowest BCUT2D eigenvalue weighted by Crippen LogP contribution is -2.63. The molecule has 9 nitrogen and oxygen atoms in total. The average molecular weight is 574 g/mol. The summed E-state index contributed by atoms with van der Waals surface area (Å²) in [5.41, 5.74) is -0.882. The van der Waals surface area contributed by atoms with Gasteiger partial charge in [0.15, 0.2) is 0 Å². The Bertz CT molecular complexity index is 1540. The number of piperidine rings is 1. The van der Waals surface area contributed by atoms with Gasteiger partial charge >= 0.3 is 5.97 Å². The highest BCUT2D eigenvalue weighted by molar-refractivity contribution is 7.89. The molecule has 0 aromatic heterocycles. The Morgan fingerprint density at radius 2 is 1.66 bits per heavy atom. The number of carboxylic acids is 1. The number of nitrogens with zero attached hydrogens (tertiary/aromatic N) is 3. The van der Waals surface area contributed by atoms with Crippen molar-refractivity contribution in [3.63, 3.8) is 0 Å². The molecule has 0 bridgehead atoms. The summed E-state index contributed by atoms with van der Waals surface area (Å²) in [6.07, 6.45) is 0.102. The van der Waals surface area contributed by atoms with Crippen molar-refractivity contribution in [2.75, 3.05) is 11.6 Å². The molecular weight excluding hydrogens is 553 g/mol. The molecule has 0 unspecified atom stereocenters. The van der Waals surface area contributed by atoms with E-state index in [1.165, 1.54) is 31.2 Å². The van der Waals surface area contributed by atoms with E-state index in [2.05, 4.69) is 5.10 Å². The van der Waals surface area contributed by atoms with Crippen molar-refractivity contribution in [2.24, 2.45) is 10.5 Å². The summed E-state index contributed by atoms with van der Waals surface area (Å²) in [5, 5.41) is 16.5. The molecule has 1 N–H and O–H groups in total. The van der Waals surface area contributed by atoms with Gasteiger partial charge in [-0.1, -0.05) is 41.4 Å². The Balaban J connectivity index is 1.45. The van der Waals surface area contributed by atoms with Crippen LogP contribution in [-0.4, -0.2) is 48.0 Å². The van der Waals surface area contributed by atoms with E-state index in [0.29, 0.717) is 32.9 Å². The number of amides is 1. The first-order valence-corrected chi connectivity index (χ1v) is 13.7. The van der Waals surface area contributed by atoms with Crippen LogP contribution < -0.4 is 9.75 Å². The average Bonchev–Trinajstić information content (AvgIpc) is 3.14. The Labute approximate surface area is 228 Å². The number of carbonyl (C=O) groups is 2. The third-order valence-corrected chi connectivity index (χ3v) is 8.91. The number of anilines is 1. The molecule has 2 aliphatic heterocycles. The number of fused-ring (bicyclic) bond motifs is 1. The fourth-order valence-corrected chi connectivity index (χ4v) is 6.91. The largest absolute Gasteiger partial charge is 0.480 e. The van der Waals surface area contributed by atoms with Crippen LogP contribution in [0.3, 0.4) is 0 Å². The van der Waals surface area contributed by atoms with Gasteiger partial charge < -0.3 is 9.84 Å². The second-order valence-corrected chi connectivity index (χ2v) is 11.8. The second kappa shape index (κ2) is 9.70. The normalized spacial score (nSPS) is 21.7. The molecule has 1 saturated heterocycles. The maximum atomic E-state index is 13.7. The van der Waals surface area contributed by atoms with Crippen LogP contribution in [0.1, 0.15) is 13.3 Å². The van der Waals surface area contributed by atoms with Gasteiger partial charge in [-0.15, -0.1) is 0 Å².